The van der Waals surface area contributed by atoms with E-state index in [0.717, 1.165) is 18.2 Å². The molecular weight excluding hydrogens is 559 g/mol. The van der Waals surface area contributed by atoms with E-state index < -0.39 is 59.3 Å². The largest absolute Gasteiger partial charge is 0.573 e. The van der Waals surface area contributed by atoms with E-state index in [-0.39, 0.29) is 24.5 Å². The van der Waals surface area contributed by atoms with Crippen molar-refractivity contribution in [2.45, 2.75) is 55.6 Å². The molecule has 3 saturated carbocycles. The number of aromatic nitrogens is 2. The highest BCUT2D eigenvalue weighted by Crippen LogP contribution is 2.47. The molecule has 0 saturated heterocycles. The first-order valence-electron chi connectivity index (χ1n) is 12.6. The van der Waals surface area contributed by atoms with Gasteiger partial charge in [-0.15, -0.1) is 13.2 Å². The third-order valence-electron chi connectivity index (χ3n) is 7.46. The lowest BCUT2D eigenvalue weighted by atomic mass is 9.60. The van der Waals surface area contributed by atoms with Gasteiger partial charge in [-0.1, -0.05) is 0 Å². The Morgan fingerprint density at radius 2 is 1.63 bits per heavy atom. The minimum Gasteiger partial charge on any atom is -0.484 e. The Bertz CT molecular complexity index is 1450. The lowest BCUT2D eigenvalue weighted by Crippen LogP contribution is -2.70. The smallest absolute Gasteiger partial charge is 0.484 e. The summed E-state index contributed by atoms with van der Waals surface area (Å²) in [7, 11) is 0. The molecule has 2 amide bonds. The number of aromatic amines is 1. The number of H-pyrrole nitrogens is 1. The first-order chi connectivity index (χ1) is 19.4. The van der Waals surface area contributed by atoms with Crippen LogP contribution in [0.5, 0.6) is 17.2 Å². The van der Waals surface area contributed by atoms with Crippen LogP contribution in [-0.4, -0.2) is 63.9 Å². The molecule has 15 heteroatoms. The molecule has 2 aromatic carbocycles. The highest BCUT2D eigenvalue weighted by Gasteiger charge is 2.55. The molecular formula is C26H25F5N4O6. The number of benzene rings is 2. The number of carbonyl (C=O) groups excluding carboxylic acids is 2. The summed E-state index contributed by atoms with van der Waals surface area (Å²) in [6.45, 7) is -0.947. The Morgan fingerprint density at radius 1 is 0.976 bits per heavy atom. The van der Waals surface area contributed by atoms with Crippen LogP contribution in [0.3, 0.4) is 0 Å². The van der Waals surface area contributed by atoms with E-state index in [1.54, 1.807) is 0 Å². The highest BCUT2D eigenvalue weighted by atomic mass is 19.4. The van der Waals surface area contributed by atoms with Crippen molar-refractivity contribution in [3.8, 4) is 17.2 Å². The van der Waals surface area contributed by atoms with E-state index in [4.69, 9.17) is 9.47 Å². The lowest BCUT2D eigenvalue weighted by molar-refractivity contribution is -0.275. The average Bonchev–Trinajstić information content (AvgIpc) is 3.38. The van der Waals surface area contributed by atoms with Crippen LogP contribution in [0.15, 0.2) is 36.5 Å². The predicted octanol–water partition coefficient (Wildman–Crippen LogP) is 3.25. The molecule has 2 bridgehead atoms. The number of hydrogen-bond acceptors (Lipinski definition) is 7. The predicted molar refractivity (Wildman–Crippen MR) is 131 cm³/mol. The van der Waals surface area contributed by atoms with E-state index in [0.29, 0.717) is 42.7 Å². The number of fused-ring (bicyclic) bond motifs is 4. The van der Waals surface area contributed by atoms with Gasteiger partial charge in [-0.2, -0.15) is 5.10 Å². The van der Waals surface area contributed by atoms with Gasteiger partial charge in [-0.3, -0.25) is 14.7 Å². The van der Waals surface area contributed by atoms with Crippen molar-refractivity contribution >= 4 is 22.7 Å². The van der Waals surface area contributed by atoms with Gasteiger partial charge in [0.15, 0.2) is 24.8 Å². The van der Waals surface area contributed by atoms with Gasteiger partial charge in [0.25, 0.3) is 11.8 Å². The first-order valence-corrected chi connectivity index (χ1v) is 12.6. The third kappa shape index (κ3) is 6.29. The van der Waals surface area contributed by atoms with Crippen LogP contribution in [0.1, 0.15) is 32.1 Å². The molecule has 1 aromatic heterocycles. The second kappa shape index (κ2) is 10.7. The second-order valence-electron chi connectivity index (χ2n) is 10.2. The Labute approximate surface area is 229 Å². The minimum absolute atomic E-state index is 0.150. The summed E-state index contributed by atoms with van der Waals surface area (Å²) < 4.78 is 79.1. The van der Waals surface area contributed by atoms with E-state index in [1.807, 2.05) is 0 Å². The van der Waals surface area contributed by atoms with Gasteiger partial charge in [-0.25, -0.2) is 8.78 Å². The number of aliphatic hydroxyl groups excluding tert-OH is 1. The summed E-state index contributed by atoms with van der Waals surface area (Å²) >= 11 is 0. The maximum atomic E-state index is 14.1. The molecule has 0 aliphatic heterocycles. The summed E-state index contributed by atoms with van der Waals surface area (Å²) in [5.41, 5.74) is -1.25. The van der Waals surface area contributed by atoms with Crippen LogP contribution in [-0.2, 0) is 9.59 Å². The normalized spacial score (nSPS) is 23.7. The van der Waals surface area contributed by atoms with Crippen LogP contribution in [0.4, 0.5) is 22.0 Å². The average molecular weight is 584 g/mol. The summed E-state index contributed by atoms with van der Waals surface area (Å²) in [4.78, 5) is 25.2. The van der Waals surface area contributed by atoms with Crippen LogP contribution in [0, 0.1) is 11.6 Å². The SMILES string of the molecule is O=C(COc1cc(F)c2cn[nH]c2c1)NC12CCC(NC(=O)COc3ccc(OC(F)(F)F)c(F)c3)(CC1)[C@@H](O)C2. The van der Waals surface area contributed by atoms with Crippen LogP contribution >= 0.6 is 0 Å². The van der Waals surface area contributed by atoms with Crippen molar-refractivity contribution in [1.29, 1.82) is 0 Å². The quantitative estimate of drug-likeness (QED) is 0.284. The molecule has 3 fully saturated rings. The molecule has 6 rings (SSSR count). The number of aliphatic hydroxyl groups is 1. The van der Waals surface area contributed by atoms with Crippen molar-refractivity contribution in [1.82, 2.24) is 20.8 Å². The topological polar surface area (TPSA) is 135 Å². The van der Waals surface area contributed by atoms with Gasteiger partial charge >= 0.3 is 6.36 Å². The lowest BCUT2D eigenvalue weighted by Gasteiger charge is -2.56. The number of ether oxygens (including phenoxy) is 3. The Balaban J connectivity index is 1.11. The number of carbonyl (C=O) groups is 2. The number of alkyl halides is 3. The summed E-state index contributed by atoms with van der Waals surface area (Å²) in [6, 6.07) is 5.10. The van der Waals surface area contributed by atoms with Crippen LogP contribution in [0.2, 0.25) is 0 Å². The summed E-state index contributed by atoms with van der Waals surface area (Å²) in [6.07, 6.45) is -2.94. The molecule has 3 aliphatic rings. The second-order valence-corrected chi connectivity index (χ2v) is 10.2. The molecule has 0 unspecified atom stereocenters. The molecule has 1 atom stereocenters. The molecule has 0 radical (unpaired) electrons. The maximum absolute atomic E-state index is 14.1. The third-order valence-corrected chi connectivity index (χ3v) is 7.46. The monoisotopic (exact) mass is 584 g/mol. The fraction of sp³-hybridized carbons (Fsp3) is 0.423. The Morgan fingerprint density at radius 3 is 2.29 bits per heavy atom. The zero-order valence-electron chi connectivity index (χ0n) is 21.3. The number of nitrogens with zero attached hydrogens (tertiary/aromatic N) is 1. The van der Waals surface area contributed by atoms with Crippen molar-refractivity contribution < 1.29 is 50.9 Å². The molecule has 3 aliphatic carbocycles. The molecule has 220 valence electrons. The van der Waals surface area contributed by atoms with E-state index in [2.05, 4.69) is 25.6 Å². The Kier molecular flexibility index (Phi) is 7.40. The van der Waals surface area contributed by atoms with Gasteiger partial charge in [0.05, 0.1) is 28.7 Å². The van der Waals surface area contributed by atoms with Crippen molar-refractivity contribution in [3.05, 3.63) is 48.2 Å². The van der Waals surface area contributed by atoms with Crippen molar-refractivity contribution in [3.63, 3.8) is 0 Å². The minimum atomic E-state index is -5.06. The first kappa shape index (κ1) is 28.4. The number of nitrogens with one attached hydrogen (secondary N) is 3. The molecule has 3 aromatic rings. The van der Waals surface area contributed by atoms with Gasteiger partial charge in [0.1, 0.15) is 17.3 Å². The maximum Gasteiger partial charge on any atom is 0.573 e. The van der Waals surface area contributed by atoms with Gasteiger partial charge in [0.2, 0.25) is 0 Å². The van der Waals surface area contributed by atoms with Crippen molar-refractivity contribution in [2.24, 2.45) is 0 Å². The zero-order valence-corrected chi connectivity index (χ0v) is 21.3. The molecule has 4 N–H and O–H groups in total. The van der Waals surface area contributed by atoms with E-state index >= 15 is 0 Å². The fourth-order valence-corrected chi connectivity index (χ4v) is 5.45. The number of hydrogen-bond donors (Lipinski definition) is 4. The van der Waals surface area contributed by atoms with Gasteiger partial charge in [-0.05, 0) is 44.2 Å². The van der Waals surface area contributed by atoms with Crippen LogP contribution < -0.4 is 24.8 Å². The van der Waals surface area contributed by atoms with Crippen LogP contribution in [0.25, 0.3) is 10.9 Å². The highest BCUT2D eigenvalue weighted by molar-refractivity contribution is 5.81. The number of amides is 2. The molecule has 10 nitrogen and oxygen atoms in total. The molecule has 1 heterocycles. The standard InChI is InChI=1S/C26H25F5N4O6/c27-17-8-15(9-19-16(17)11-32-35-19)40-12-22(37)33-24-3-5-25(6-4-24,21(36)10-24)34-23(38)13-39-14-1-2-20(18(28)7-14)41-26(29,30)31/h1-2,7-9,11,21,36H,3-6,10,12-13H2,(H,32,35)(H,33,37)(H,34,38)/t21-,24?,25?/m0/s1. The van der Waals surface area contributed by atoms with Gasteiger partial charge < -0.3 is 30.0 Å². The summed E-state index contributed by atoms with van der Waals surface area (Å²) in [5, 5.41) is 23.3. The molecule has 41 heavy (non-hydrogen) atoms. The molecule has 0 spiro atoms. The fourth-order valence-electron chi connectivity index (χ4n) is 5.45. The number of halogens is 5. The van der Waals surface area contributed by atoms with Gasteiger partial charge in [0, 0.05) is 23.7 Å². The van der Waals surface area contributed by atoms with Crippen molar-refractivity contribution in [2.75, 3.05) is 13.2 Å². The zero-order chi connectivity index (χ0) is 29.4. The summed E-state index contributed by atoms with van der Waals surface area (Å²) in [5.74, 6) is -4.00. The van der Waals surface area contributed by atoms with E-state index in [1.165, 1.54) is 12.3 Å². The Hall–Kier alpha value is -4.14. The van der Waals surface area contributed by atoms with E-state index in [9.17, 15) is 36.6 Å². The number of rotatable bonds is 9.